The number of benzene rings is 2. The van der Waals surface area contributed by atoms with Crippen molar-refractivity contribution in [2.24, 2.45) is 0 Å². The van der Waals surface area contributed by atoms with Crippen LogP contribution in [0.25, 0.3) is 0 Å². The third-order valence-corrected chi connectivity index (χ3v) is 5.15. The van der Waals surface area contributed by atoms with E-state index in [0.717, 1.165) is 18.2 Å². The van der Waals surface area contributed by atoms with Gasteiger partial charge in [-0.2, -0.15) is 0 Å². The van der Waals surface area contributed by atoms with E-state index in [1.54, 1.807) is 4.90 Å². The van der Waals surface area contributed by atoms with Gasteiger partial charge in [-0.25, -0.2) is 4.79 Å². The van der Waals surface area contributed by atoms with E-state index >= 15 is 0 Å². The number of amides is 1. The van der Waals surface area contributed by atoms with Gasteiger partial charge in [0.25, 0.3) is 17.3 Å². The minimum absolute atomic E-state index is 0.0644. The number of non-ortho nitro benzene ring substituents is 1. The number of rotatable bonds is 7. The van der Waals surface area contributed by atoms with E-state index in [-0.39, 0.29) is 27.6 Å². The van der Waals surface area contributed by atoms with Crippen molar-refractivity contribution in [1.82, 2.24) is 0 Å². The summed E-state index contributed by atoms with van der Waals surface area (Å²) in [4.78, 5) is 47.8. The molecule has 1 amide bonds. The van der Waals surface area contributed by atoms with Crippen LogP contribution in [-0.2, 0) is 14.3 Å². The number of anilines is 2. The zero-order chi connectivity index (χ0) is 24.1. The van der Waals surface area contributed by atoms with Crippen molar-refractivity contribution in [2.45, 2.75) is 13.0 Å². The van der Waals surface area contributed by atoms with Crippen molar-refractivity contribution in [3.8, 4) is 0 Å². The first-order valence-electron chi connectivity index (χ1n) is 9.74. The quantitative estimate of drug-likeness (QED) is 0.358. The maximum Gasteiger partial charge on any atom is 0.339 e. The smallest absolute Gasteiger partial charge is 0.339 e. The van der Waals surface area contributed by atoms with Crippen LogP contribution in [0, 0.1) is 20.2 Å². The minimum Gasteiger partial charge on any atom is -0.449 e. The van der Waals surface area contributed by atoms with Crippen molar-refractivity contribution < 1.29 is 28.9 Å². The van der Waals surface area contributed by atoms with Gasteiger partial charge in [0.05, 0.1) is 39.3 Å². The summed E-state index contributed by atoms with van der Waals surface area (Å²) >= 11 is 5.95. The molecule has 0 aromatic heterocycles. The molecule has 0 saturated carbocycles. The Bertz CT molecular complexity index is 1100. The van der Waals surface area contributed by atoms with E-state index in [9.17, 15) is 29.8 Å². The normalized spacial score (nSPS) is 14.3. The number of carbonyl (C=O) groups is 2. The fraction of sp³-hybridized carbons (Fsp3) is 0.300. The number of morpholine rings is 1. The summed E-state index contributed by atoms with van der Waals surface area (Å²) in [7, 11) is 0. The first kappa shape index (κ1) is 23.9. The average Bonchev–Trinajstić information content (AvgIpc) is 2.80. The summed E-state index contributed by atoms with van der Waals surface area (Å²) in [5, 5.41) is 24.7. The Morgan fingerprint density at radius 3 is 2.42 bits per heavy atom. The number of nitro groups is 2. The standard InChI is InChI=1S/C20H19ClN4O8/c1-12(19(26)22-16-4-3-14(24(28)29)11-15(16)21)33-20(27)13-2-5-17(18(10-13)25(30)31)23-6-8-32-9-7-23/h2-5,10-12H,6-9H2,1H3,(H,22,26). The number of esters is 1. The van der Waals surface area contributed by atoms with Gasteiger partial charge in [0.2, 0.25) is 0 Å². The Kier molecular flexibility index (Phi) is 7.41. The Balaban J connectivity index is 1.69. The number of nitrogens with one attached hydrogen (secondary N) is 1. The summed E-state index contributed by atoms with van der Waals surface area (Å²) in [6, 6.07) is 7.43. The van der Waals surface area contributed by atoms with Gasteiger partial charge in [-0.05, 0) is 25.1 Å². The van der Waals surface area contributed by atoms with Gasteiger partial charge in [0, 0.05) is 31.3 Å². The molecule has 3 rings (SSSR count). The van der Waals surface area contributed by atoms with E-state index in [1.807, 2.05) is 0 Å². The third-order valence-electron chi connectivity index (χ3n) is 4.83. The molecule has 2 aromatic carbocycles. The number of nitro benzene ring substituents is 2. The predicted octanol–water partition coefficient (Wildman–Crippen LogP) is 3.18. The number of hydrogen-bond acceptors (Lipinski definition) is 9. The van der Waals surface area contributed by atoms with Crippen molar-refractivity contribution in [1.29, 1.82) is 0 Å². The molecular weight excluding hydrogens is 460 g/mol. The monoisotopic (exact) mass is 478 g/mol. The summed E-state index contributed by atoms with van der Waals surface area (Å²) in [5.41, 5.74) is -0.147. The molecule has 1 N–H and O–H groups in total. The van der Waals surface area contributed by atoms with Gasteiger partial charge >= 0.3 is 5.97 Å². The lowest BCUT2D eigenvalue weighted by atomic mass is 10.1. The Morgan fingerprint density at radius 1 is 1.12 bits per heavy atom. The third kappa shape index (κ3) is 5.73. The van der Waals surface area contributed by atoms with Gasteiger partial charge in [-0.3, -0.25) is 25.0 Å². The molecule has 1 aliphatic rings. The fourth-order valence-electron chi connectivity index (χ4n) is 3.10. The molecule has 12 nitrogen and oxygen atoms in total. The largest absolute Gasteiger partial charge is 0.449 e. The topological polar surface area (TPSA) is 154 Å². The van der Waals surface area contributed by atoms with Crippen LogP contribution in [0.2, 0.25) is 5.02 Å². The van der Waals surface area contributed by atoms with Gasteiger partial charge < -0.3 is 19.7 Å². The van der Waals surface area contributed by atoms with Crippen LogP contribution in [0.3, 0.4) is 0 Å². The van der Waals surface area contributed by atoms with E-state index in [1.165, 1.54) is 25.1 Å². The molecule has 1 aliphatic heterocycles. The van der Waals surface area contributed by atoms with Crippen molar-refractivity contribution >= 4 is 46.2 Å². The van der Waals surface area contributed by atoms with Crippen molar-refractivity contribution in [2.75, 3.05) is 36.5 Å². The molecule has 2 aromatic rings. The van der Waals surface area contributed by atoms with E-state index in [4.69, 9.17) is 21.1 Å². The number of ether oxygens (including phenoxy) is 2. The fourth-order valence-corrected chi connectivity index (χ4v) is 3.33. The molecule has 33 heavy (non-hydrogen) atoms. The molecule has 0 spiro atoms. The first-order chi connectivity index (χ1) is 15.7. The summed E-state index contributed by atoms with van der Waals surface area (Å²) in [6.45, 7) is 3.14. The number of hydrogen-bond donors (Lipinski definition) is 1. The van der Waals surface area contributed by atoms with E-state index in [2.05, 4.69) is 5.32 Å². The minimum atomic E-state index is -1.28. The molecule has 0 aliphatic carbocycles. The van der Waals surface area contributed by atoms with Crippen LogP contribution < -0.4 is 10.2 Å². The summed E-state index contributed by atoms with van der Waals surface area (Å²) in [5.74, 6) is -1.66. The highest BCUT2D eigenvalue weighted by atomic mass is 35.5. The van der Waals surface area contributed by atoms with E-state index in [0.29, 0.717) is 32.0 Å². The maximum absolute atomic E-state index is 12.5. The zero-order valence-corrected chi connectivity index (χ0v) is 18.1. The molecule has 174 valence electrons. The maximum atomic E-state index is 12.5. The van der Waals surface area contributed by atoms with Crippen LogP contribution in [0.5, 0.6) is 0 Å². The highest BCUT2D eigenvalue weighted by Crippen LogP contribution is 2.30. The van der Waals surface area contributed by atoms with Gasteiger partial charge in [-0.1, -0.05) is 11.6 Å². The van der Waals surface area contributed by atoms with Crippen LogP contribution in [0.15, 0.2) is 36.4 Å². The second-order valence-electron chi connectivity index (χ2n) is 7.02. The lowest BCUT2D eigenvalue weighted by Crippen LogP contribution is -2.36. The first-order valence-corrected chi connectivity index (χ1v) is 10.1. The number of nitrogens with zero attached hydrogens (tertiary/aromatic N) is 3. The van der Waals surface area contributed by atoms with Crippen LogP contribution in [-0.4, -0.2) is 54.1 Å². The molecule has 0 bridgehead atoms. The second kappa shape index (κ2) is 10.2. The highest BCUT2D eigenvalue weighted by molar-refractivity contribution is 6.34. The number of carbonyl (C=O) groups excluding carboxylic acids is 2. The summed E-state index contributed by atoms with van der Waals surface area (Å²) < 4.78 is 10.4. The highest BCUT2D eigenvalue weighted by Gasteiger charge is 2.26. The lowest BCUT2D eigenvalue weighted by molar-refractivity contribution is -0.384. The number of halogens is 1. The molecule has 1 saturated heterocycles. The molecule has 1 heterocycles. The van der Waals surface area contributed by atoms with Crippen molar-refractivity contribution in [3.63, 3.8) is 0 Å². The predicted molar refractivity (Wildman–Crippen MR) is 118 cm³/mol. The van der Waals surface area contributed by atoms with Crippen LogP contribution in [0.1, 0.15) is 17.3 Å². The lowest BCUT2D eigenvalue weighted by Gasteiger charge is -2.28. The second-order valence-corrected chi connectivity index (χ2v) is 7.43. The molecular formula is C20H19ClN4O8. The van der Waals surface area contributed by atoms with Crippen molar-refractivity contribution in [3.05, 3.63) is 67.2 Å². The van der Waals surface area contributed by atoms with E-state index < -0.39 is 27.8 Å². The van der Waals surface area contributed by atoms with Crippen LogP contribution in [0.4, 0.5) is 22.7 Å². The average molecular weight is 479 g/mol. The zero-order valence-electron chi connectivity index (χ0n) is 17.4. The molecule has 1 fully saturated rings. The summed E-state index contributed by atoms with van der Waals surface area (Å²) in [6.07, 6.45) is -1.28. The molecule has 1 unspecified atom stereocenters. The Hall–Kier alpha value is -3.77. The Morgan fingerprint density at radius 2 is 1.82 bits per heavy atom. The molecule has 13 heteroatoms. The van der Waals surface area contributed by atoms with Crippen LogP contribution >= 0.6 is 11.6 Å². The van der Waals surface area contributed by atoms with Gasteiger partial charge in [0.15, 0.2) is 6.10 Å². The SMILES string of the molecule is CC(OC(=O)c1ccc(N2CCOCC2)c([N+](=O)[O-])c1)C(=O)Nc1ccc([N+](=O)[O-])cc1Cl. The Labute approximate surface area is 192 Å². The van der Waals surface area contributed by atoms with Gasteiger partial charge in [0.1, 0.15) is 5.69 Å². The molecule has 1 atom stereocenters. The van der Waals surface area contributed by atoms with Gasteiger partial charge in [-0.15, -0.1) is 0 Å². The molecule has 0 radical (unpaired) electrons.